The molecule has 27 heavy (non-hydrogen) atoms. The molecule has 0 saturated heterocycles. The lowest BCUT2D eigenvalue weighted by molar-refractivity contribution is 0.0664. The lowest BCUT2D eigenvalue weighted by Gasteiger charge is -2.14. The Morgan fingerprint density at radius 2 is 1.52 bits per heavy atom. The fraction of sp³-hybridized carbons (Fsp3) is 0.263. The van der Waals surface area contributed by atoms with Crippen molar-refractivity contribution in [2.24, 2.45) is 0 Å². The number of hydrogen-bond acceptors (Lipinski definition) is 5. The molecule has 3 rings (SSSR count). The van der Waals surface area contributed by atoms with E-state index in [2.05, 4.69) is 4.72 Å². The number of phenolic OH excluding ortho intramolecular Hbond substituents is 1. The number of rotatable bonds is 8. The lowest BCUT2D eigenvalue weighted by Crippen LogP contribution is -2.38. The summed E-state index contributed by atoms with van der Waals surface area (Å²) >= 11 is 0. The van der Waals surface area contributed by atoms with E-state index in [9.17, 15) is 23.1 Å². The van der Waals surface area contributed by atoms with Crippen molar-refractivity contribution in [3.8, 4) is 5.75 Å². The average molecular weight is 388 g/mol. The first-order valence-electron chi connectivity index (χ1n) is 8.58. The number of aryl methyl sites for hydroxylation is 1. The highest BCUT2D eigenvalue weighted by atomic mass is 32.2. The zero-order valence-electron chi connectivity index (χ0n) is 14.6. The number of carbonyl (C=O) groups excluding carboxylic acids is 2. The Balaban J connectivity index is 1.47. The maximum absolute atomic E-state index is 12.2. The van der Waals surface area contributed by atoms with Crippen LogP contribution in [0.2, 0.25) is 0 Å². The molecule has 0 radical (unpaired) electrons. The summed E-state index contributed by atoms with van der Waals surface area (Å²) in [5.74, 6) is -1.07. The summed E-state index contributed by atoms with van der Waals surface area (Å²) in [4.78, 5) is 25.4. The highest BCUT2D eigenvalue weighted by Crippen LogP contribution is 2.22. The van der Waals surface area contributed by atoms with Crippen molar-refractivity contribution in [1.29, 1.82) is 0 Å². The van der Waals surface area contributed by atoms with Crippen molar-refractivity contribution in [3.05, 3.63) is 65.2 Å². The molecule has 2 aromatic carbocycles. The number of fused-ring (bicyclic) bond motifs is 1. The average Bonchev–Trinajstić information content (AvgIpc) is 2.90. The van der Waals surface area contributed by atoms with Gasteiger partial charge in [0.25, 0.3) is 11.8 Å². The molecule has 0 atom stereocenters. The molecule has 2 N–H and O–H groups in total. The number of nitrogens with one attached hydrogen (secondary N) is 1. The normalized spacial score (nSPS) is 13.9. The van der Waals surface area contributed by atoms with Crippen LogP contribution in [-0.4, -0.2) is 49.1 Å². The molecule has 1 aliphatic heterocycles. The standard InChI is InChI=1S/C19H20N2O5S/c22-15-9-7-14(8-10-15)4-3-11-20-27(25,26)13-12-21-18(23)16-5-1-2-6-17(16)19(21)24/h1-2,5-10,20,22H,3-4,11-13H2. The minimum atomic E-state index is -3.60. The molecule has 0 unspecified atom stereocenters. The molecule has 8 heteroatoms. The molecule has 0 fully saturated rings. The molecule has 7 nitrogen and oxygen atoms in total. The van der Waals surface area contributed by atoms with Crippen LogP contribution in [0, 0.1) is 0 Å². The van der Waals surface area contributed by atoms with Crippen LogP contribution in [0.15, 0.2) is 48.5 Å². The van der Waals surface area contributed by atoms with E-state index in [0.29, 0.717) is 24.0 Å². The van der Waals surface area contributed by atoms with Gasteiger partial charge in [-0.3, -0.25) is 14.5 Å². The smallest absolute Gasteiger partial charge is 0.261 e. The minimum absolute atomic E-state index is 0.181. The van der Waals surface area contributed by atoms with Crippen molar-refractivity contribution in [1.82, 2.24) is 9.62 Å². The van der Waals surface area contributed by atoms with Crippen molar-refractivity contribution >= 4 is 21.8 Å². The molecule has 0 bridgehead atoms. The number of aromatic hydroxyl groups is 1. The van der Waals surface area contributed by atoms with Gasteiger partial charge in [-0.25, -0.2) is 13.1 Å². The number of imide groups is 1. The highest BCUT2D eigenvalue weighted by molar-refractivity contribution is 7.89. The third kappa shape index (κ3) is 4.53. The predicted octanol–water partition coefficient (Wildman–Crippen LogP) is 1.54. The zero-order valence-corrected chi connectivity index (χ0v) is 15.4. The molecule has 0 saturated carbocycles. The maximum Gasteiger partial charge on any atom is 0.261 e. The molecule has 1 aliphatic rings. The molecule has 1 heterocycles. The predicted molar refractivity (Wildman–Crippen MR) is 100 cm³/mol. The van der Waals surface area contributed by atoms with E-state index >= 15 is 0 Å². The van der Waals surface area contributed by atoms with Crippen LogP contribution in [0.3, 0.4) is 0 Å². The third-order valence-electron chi connectivity index (χ3n) is 4.36. The largest absolute Gasteiger partial charge is 0.508 e. The van der Waals surface area contributed by atoms with Gasteiger partial charge < -0.3 is 5.11 Å². The first kappa shape index (κ1) is 19.1. The Bertz CT molecular complexity index is 919. The van der Waals surface area contributed by atoms with Crippen molar-refractivity contribution < 1.29 is 23.1 Å². The highest BCUT2D eigenvalue weighted by Gasteiger charge is 2.35. The molecule has 142 valence electrons. The summed E-state index contributed by atoms with van der Waals surface area (Å²) in [5.41, 5.74) is 1.61. The van der Waals surface area contributed by atoms with E-state index in [-0.39, 0.29) is 24.6 Å². The number of benzene rings is 2. The summed E-state index contributed by atoms with van der Waals surface area (Å²) in [6, 6.07) is 13.2. The first-order chi connectivity index (χ1) is 12.9. The van der Waals surface area contributed by atoms with Crippen molar-refractivity contribution in [2.75, 3.05) is 18.8 Å². The summed E-state index contributed by atoms with van der Waals surface area (Å²) in [7, 11) is -3.60. The summed E-state index contributed by atoms with van der Waals surface area (Å²) in [6.07, 6.45) is 1.26. The lowest BCUT2D eigenvalue weighted by atomic mass is 10.1. The minimum Gasteiger partial charge on any atom is -0.508 e. The Kier molecular flexibility index (Phi) is 5.57. The molecule has 0 aliphatic carbocycles. The Labute approximate surface area is 157 Å². The van der Waals surface area contributed by atoms with E-state index < -0.39 is 21.8 Å². The van der Waals surface area contributed by atoms with Gasteiger partial charge in [-0.15, -0.1) is 0 Å². The number of carbonyl (C=O) groups is 2. The summed E-state index contributed by atoms with van der Waals surface area (Å²) in [5, 5.41) is 9.24. The summed E-state index contributed by atoms with van der Waals surface area (Å²) in [6.45, 7) is 0.0744. The molecule has 0 aromatic heterocycles. The van der Waals surface area contributed by atoms with Gasteiger partial charge in [0, 0.05) is 13.1 Å². The number of amides is 2. The number of hydrogen-bond donors (Lipinski definition) is 2. The summed E-state index contributed by atoms with van der Waals surface area (Å²) < 4.78 is 26.8. The first-order valence-corrected chi connectivity index (χ1v) is 10.2. The maximum atomic E-state index is 12.2. The quantitative estimate of drug-likeness (QED) is 0.527. The van der Waals surface area contributed by atoms with Gasteiger partial charge in [-0.2, -0.15) is 0 Å². The van der Waals surface area contributed by atoms with E-state index in [0.717, 1.165) is 10.5 Å². The van der Waals surface area contributed by atoms with E-state index in [1.165, 1.54) is 0 Å². The number of sulfonamides is 1. The van der Waals surface area contributed by atoms with Crippen molar-refractivity contribution in [3.63, 3.8) is 0 Å². The number of nitrogens with zero attached hydrogens (tertiary/aromatic N) is 1. The molecular weight excluding hydrogens is 368 g/mol. The van der Waals surface area contributed by atoms with E-state index in [1.54, 1.807) is 48.5 Å². The van der Waals surface area contributed by atoms with Crippen LogP contribution in [0.25, 0.3) is 0 Å². The SMILES string of the molecule is O=C1c2ccccc2C(=O)N1CCS(=O)(=O)NCCCc1ccc(O)cc1. The van der Waals surface area contributed by atoms with Crippen LogP contribution in [0.1, 0.15) is 32.7 Å². The molecular formula is C19H20N2O5S. The molecule has 2 amide bonds. The third-order valence-corrected chi connectivity index (χ3v) is 5.73. The van der Waals surface area contributed by atoms with Gasteiger partial charge >= 0.3 is 0 Å². The topological polar surface area (TPSA) is 104 Å². The van der Waals surface area contributed by atoms with Gasteiger partial charge in [0.1, 0.15) is 5.75 Å². The van der Waals surface area contributed by atoms with Gasteiger partial charge in [-0.1, -0.05) is 24.3 Å². The van der Waals surface area contributed by atoms with Crippen LogP contribution >= 0.6 is 0 Å². The van der Waals surface area contributed by atoms with E-state index in [1.807, 2.05) is 0 Å². The zero-order chi connectivity index (χ0) is 19.4. The van der Waals surface area contributed by atoms with Gasteiger partial charge in [0.05, 0.1) is 16.9 Å². The van der Waals surface area contributed by atoms with Crippen LogP contribution < -0.4 is 4.72 Å². The second-order valence-corrected chi connectivity index (χ2v) is 8.22. The van der Waals surface area contributed by atoms with E-state index in [4.69, 9.17) is 0 Å². The number of phenols is 1. The fourth-order valence-electron chi connectivity index (χ4n) is 2.91. The Morgan fingerprint density at radius 1 is 0.926 bits per heavy atom. The second-order valence-electron chi connectivity index (χ2n) is 6.29. The van der Waals surface area contributed by atoms with Gasteiger partial charge in [0.15, 0.2) is 0 Å². The van der Waals surface area contributed by atoms with Gasteiger partial charge in [0.2, 0.25) is 10.0 Å². The van der Waals surface area contributed by atoms with Crippen LogP contribution in [0.4, 0.5) is 0 Å². The Morgan fingerprint density at radius 3 is 2.11 bits per heavy atom. The fourth-order valence-corrected chi connectivity index (χ4v) is 3.93. The Hall–Kier alpha value is -2.71. The molecule has 2 aromatic rings. The van der Waals surface area contributed by atoms with Crippen molar-refractivity contribution in [2.45, 2.75) is 12.8 Å². The molecule has 0 spiro atoms. The monoisotopic (exact) mass is 388 g/mol. The second kappa shape index (κ2) is 7.89. The van der Waals surface area contributed by atoms with Crippen LogP contribution in [0.5, 0.6) is 5.75 Å². The van der Waals surface area contributed by atoms with Gasteiger partial charge in [-0.05, 0) is 42.7 Å². The van der Waals surface area contributed by atoms with Crippen LogP contribution in [-0.2, 0) is 16.4 Å².